The molecule has 0 bridgehead atoms. The molecular formula is C20H28N2O5. The highest BCUT2D eigenvalue weighted by Gasteiger charge is 2.31. The molecule has 1 fully saturated rings. The largest absolute Gasteiger partial charge is 0.493 e. The Labute approximate surface area is 159 Å². The molecule has 1 aliphatic heterocycles. The zero-order valence-corrected chi connectivity index (χ0v) is 15.9. The summed E-state index contributed by atoms with van der Waals surface area (Å²) in [6.07, 6.45) is 1.71. The van der Waals surface area contributed by atoms with Gasteiger partial charge in [0.15, 0.2) is 0 Å². The molecule has 0 aromatic heterocycles. The van der Waals surface area contributed by atoms with E-state index in [0.717, 1.165) is 12.2 Å². The molecule has 2 amide bonds. The molecule has 1 heterocycles. The van der Waals surface area contributed by atoms with E-state index >= 15 is 0 Å². The molecular weight excluding hydrogens is 348 g/mol. The number of carbonyl (C=O) groups excluding carboxylic acids is 2. The Balaban J connectivity index is 1.77. The third-order valence-corrected chi connectivity index (χ3v) is 4.76. The Morgan fingerprint density at radius 1 is 1.26 bits per heavy atom. The highest BCUT2D eigenvalue weighted by molar-refractivity contribution is 5.82. The molecule has 1 atom stereocenters. The van der Waals surface area contributed by atoms with Crippen LogP contribution in [-0.2, 0) is 14.4 Å². The lowest BCUT2D eigenvalue weighted by molar-refractivity contribution is -0.146. The summed E-state index contributed by atoms with van der Waals surface area (Å²) in [7, 11) is 0. The second kappa shape index (κ2) is 9.39. The van der Waals surface area contributed by atoms with Crippen LogP contribution in [0.1, 0.15) is 33.1 Å². The fraction of sp³-hybridized carbons (Fsp3) is 0.550. The van der Waals surface area contributed by atoms with Crippen LogP contribution in [0.25, 0.3) is 0 Å². The van der Waals surface area contributed by atoms with Crippen molar-refractivity contribution in [2.75, 3.05) is 26.2 Å². The summed E-state index contributed by atoms with van der Waals surface area (Å²) < 4.78 is 5.56. The predicted octanol–water partition coefficient (Wildman–Crippen LogP) is 1.92. The number of carboxylic acids is 1. The molecule has 1 aliphatic rings. The Hall–Kier alpha value is -2.57. The van der Waals surface area contributed by atoms with Crippen LogP contribution in [0, 0.1) is 11.3 Å². The summed E-state index contributed by atoms with van der Waals surface area (Å²) in [5, 5.41) is 11.8. The number of ether oxygens (including phenoxy) is 1. The SMILES string of the molecule is CC(C)(CNC(=O)C1CCCN(C(=O)CCOc2ccccc2)C1)C(=O)O. The van der Waals surface area contributed by atoms with Gasteiger partial charge in [0, 0.05) is 19.6 Å². The van der Waals surface area contributed by atoms with E-state index in [2.05, 4.69) is 5.32 Å². The Morgan fingerprint density at radius 2 is 1.96 bits per heavy atom. The van der Waals surface area contributed by atoms with Gasteiger partial charge in [0.2, 0.25) is 11.8 Å². The number of amides is 2. The van der Waals surface area contributed by atoms with Crippen molar-refractivity contribution in [1.82, 2.24) is 10.2 Å². The lowest BCUT2D eigenvalue weighted by Gasteiger charge is -2.32. The number of benzene rings is 1. The highest BCUT2D eigenvalue weighted by Crippen LogP contribution is 2.19. The predicted molar refractivity (Wildman–Crippen MR) is 100 cm³/mol. The molecule has 0 aliphatic carbocycles. The molecule has 7 heteroatoms. The second-order valence-electron chi connectivity index (χ2n) is 7.50. The quantitative estimate of drug-likeness (QED) is 0.723. The maximum atomic E-state index is 12.4. The van der Waals surface area contributed by atoms with Crippen molar-refractivity contribution < 1.29 is 24.2 Å². The van der Waals surface area contributed by atoms with Crippen molar-refractivity contribution in [3.05, 3.63) is 30.3 Å². The number of hydrogen-bond acceptors (Lipinski definition) is 4. The van der Waals surface area contributed by atoms with E-state index < -0.39 is 11.4 Å². The van der Waals surface area contributed by atoms with Crippen molar-refractivity contribution in [3.8, 4) is 5.75 Å². The summed E-state index contributed by atoms with van der Waals surface area (Å²) in [4.78, 5) is 37.6. The molecule has 1 aromatic carbocycles. The standard InChI is InChI=1S/C20H28N2O5/c1-20(2,19(25)26)14-21-18(24)15-7-6-11-22(13-15)17(23)10-12-27-16-8-4-3-5-9-16/h3-5,8-9,15H,6-7,10-14H2,1-2H3,(H,21,24)(H,25,26). The van der Waals surface area contributed by atoms with Gasteiger partial charge in [-0.25, -0.2) is 0 Å². The molecule has 0 radical (unpaired) electrons. The Bertz CT molecular complexity index is 660. The van der Waals surface area contributed by atoms with E-state index in [9.17, 15) is 14.4 Å². The first-order valence-corrected chi connectivity index (χ1v) is 9.26. The van der Waals surface area contributed by atoms with Crippen LogP contribution in [0.4, 0.5) is 0 Å². The average molecular weight is 376 g/mol. The van der Waals surface area contributed by atoms with E-state index in [4.69, 9.17) is 9.84 Å². The van der Waals surface area contributed by atoms with E-state index in [1.165, 1.54) is 0 Å². The van der Waals surface area contributed by atoms with Gasteiger partial charge in [-0.1, -0.05) is 18.2 Å². The van der Waals surface area contributed by atoms with Gasteiger partial charge in [-0.05, 0) is 38.8 Å². The van der Waals surface area contributed by atoms with Gasteiger partial charge in [0.1, 0.15) is 5.75 Å². The Kier molecular flexibility index (Phi) is 7.21. The number of nitrogens with zero attached hydrogens (tertiary/aromatic N) is 1. The lowest BCUT2D eigenvalue weighted by Crippen LogP contribution is -2.48. The highest BCUT2D eigenvalue weighted by atomic mass is 16.5. The van der Waals surface area contributed by atoms with Gasteiger partial charge in [0.25, 0.3) is 0 Å². The van der Waals surface area contributed by atoms with Gasteiger partial charge in [-0.15, -0.1) is 0 Å². The number of piperidine rings is 1. The number of likely N-dealkylation sites (tertiary alicyclic amines) is 1. The number of hydrogen-bond donors (Lipinski definition) is 2. The van der Waals surface area contributed by atoms with E-state index in [-0.39, 0.29) is 30.7 Å². The fourth-order valence-corrected chi connectivity index (χ4v) is 2.88. The average Bonchev–Trinajstić information content (AvgIpc) is 2.67. The molecule has 1 saturated heterocycles. The van der Waals surface area contributed by atoms with Crippen molar-refractivity contribution in [2.24, 2.45) is 11.3 Å². The minimum Gasteiger partial charge on any atom is -0.493 e. The minimum atomic E-state index is -1.02. The van der Waals surface area contributed by atoms with Crippen molar-refractivity contribution >= 4 is 17.8 Å². The smallest absolute Gasteiger partial charge is 0.310 e. The number of aliphatic carboxylic acids is 1. The molecule has 27 heavy (non-hydrogen) atoms. The summed E-state index contributed by atoms with van der Waals surface area (Å²) in [5.74, 6) is -0.761. The first-order valence-electron chi connectivity index (χ1n) is 9.26. The maximum Gasteiger partial charge on any atom is 0.310 e. The normalized spacial score (nSPS) is 17.3. The van der Waals surface area contributed by atoms with Crippen LogP contribution >= 0.6 is 0 Å². The fourth-order valence-electron chi connectivity index (χ4n) is 2.88. The van der Waals surface area contributed by atoms with Gasteiger partial charge in [-0.3, -0.25) is 14.4 Å². The maximum absolute atomic E-state index is 12.4. The van der Waals surface area contributed by atoms with Crippen LogP contribution in [-0.4, -0.2) is 54.0 Å². The van der Waals surface area contributed by atoms with Crippen LogP contribution in [0.3, 0.4) is 0 Å². The van der Waals surface area contributed by atoms with Crippen LogP contribution in [0.5, 0.6) is 5.75 Å². The van der Waals surface area contributed by atoms with E-state index in [1.54, 1.807) is 18.7 Å². The number of nitrogens with one attached hydrogen (secondary N) is 1. The van der Waals surface area contributed by atoms with Crippen molar-refractivity contribution in [2.45, 2.75) is 33.1 Å². The van der Waals surface area contributed by atoms with Crippen LogP contribution in [0.2, 0.25) is 0 Å². The molecule has 7 nitrogen and oxygen atoms in total. The van der Waals surface area contributed by atoms with Crippen molar-refractivity contribution in [3.63, 3.8) is 0 Å². The number of rotatable bonds is 8. The molecule has 148 valence electrons. The van der Waals surface area contributed by atoms with Crippen molar-refractivity contribution in [1.29, 1.82) is 0 Å². The summed E-state index contributed by atoms with van der Waals surface area (Å²) >= 11 is 0. The topological polar surface area (TPSA) is 95.9 Å². The molecule has 0 spiro atoms. The molecule has 2 N–H and O–H groups in total. The second-order valence-corrected chi connectivity index (χ2v) is 7.50. The minimum absolute atomic E-state index is 0.0331. The zero-order valence-electron chi connectivity index (χ0n) is 15.9. The number of carboxylic acid groups (broad SMARTS) is 1. The van der Waals surface area contributed by atoms with Crippen LogP contribution in [0.15, 0.2) is 30.3 Å². The summed E-state index contributed by atoms with van der Waals surface area (Å²) in [6, 6.07) is 9.32. The summed E-state index contributed by atoms with van der Waals surface area (Å²) in [5.41, 5.74) is -1.02. The third kappa shape index (κ3) is 6.27. The van der Waals surface area contributed by atoms with E-state index in [1.807, 2.05) is 30.3 Å². The number of para-hydroxylation sites is 1. The first kappa shape index (κ1) is 20.7. The zero-order chi connectivity index (χ0) is 19.9. The summed E-state index contributed by atoms with van der Waals surface area (Å²) in [6.45, 7) is 4.50. The molecule has 2 rings (SSSR count). The molecule has 1 aromatic rings. The van der Waals surface area contributed by atoms with Gasteiger partial charge in [-0.2, -0.15) is 0 Å². The number of carbonyl (C=O) groups is 3. The lowest BCUT2D eigenvalue weighted by atomic mass is 9.92. The third-order valence-electron chi connectivity index (χ3n) is 4.76. The first-order chi connectivity index (χ1) is 12.8. The monoisotopic (exact) mass is 376 g/mol. The van der Waals surface area contributed by atoms with Crippen LogP contribution < -0.4 is 10.1 Å². The van der Waals surface area contributed by atoms with E-state index in [0.29, 0.717) is 26.1 Å². The molecule has 1 unspecified atom stereocenters. The van der Waals surface area contributed by atoms with Gasteiger partial charge in [0.05, 0.1) is 24.4 Å². The van der Waals surface area contributed by atoms with Gasteiger partial charge >= 0.3 is 5.97 Å². The van der Waals surface area contributed by atoms with Gasteiger partial charge < -0.3 is 20.1 Å². The molecule has 0 saturated carbocycles. The Morgan fingerprint density at radius 3 is 2.63 bits per heavy atom.